The third-order valence-corrected chi connectivity index (χ3v) is 5.08. The Morgan fingerprint density at radius 2 is 1.82 bits per heavy atom. The molecule has 0 radical (unpaired) electrons. The Balaban J connectivity index is 1.60. The molecule has 0 aliphatic carbocycles. The number of ether oxygens (including phenoxy) is 3. The molecule has 0 unspecified atom stereocenters. The number of nitrogens with zero attached hydrogens (tertiary/aromatic N) is 1. The lowest BCUT2D eigenvalue weighted by Gasteiger charge is -2.13. The van der Waals surface area contributed by atoms with Gasteiger partial charge in [-0.15, -0.1) is 0 Å². The summed E-state index contributed by atoms with van der Waals surface area (Å²) >= 11 is 9.16. The summed E-state index contributed by atoms with van der Waals surface area (Å²) in [5.41, 5.74) is 3.45. The summed E-state index contributed by atoms with van der Waals surface area (Å²) in [4.78, 5) is 24.6. The number of hydrazone groups is 1. The zero-order valence-corrected chi connectivity index (χ0v) is 20.1. The molecule has 0 aliphatic heterocycles. The minimum Gasteiger partial charge on any atom is -0.493 e. The first-order valence-corrected chi connectivity index (χ1v) is 10.9. The van der Waals surface area contributed by atoms with Gasteiger partial charge in [0.1, 0.15) is 5.75 Å². The minimum absolute atomic E-state index is 0.258. The van der Waals surface area contributed by atoms with Crippen molar-refractivity contribution < 1.29 is 23.8 Å². The van der Waals surface area contributed by atoms with Gasteiger partial charge in [0.05, 0.1) is 18.9 Å². The molecule has 3 aromatic carbocycles. The van der Waals surface area contributed by atoms with E-state index in [1.807, 2.05) is 6.07 Å². The van der Waals surface area contributed by atoms with Crippen LogP contribution in [-0.4, -0.2) is 31.3 Å². The van der Waals surface area contributed by atoms with Gasteiger partial charge >= 0.3 is 5.97 Å². The fourth-order valence-electron chi connectivity index (χ4n) is 2.66. The molecule has 0 heterocycles. The fourth-order valence-corrected chi connectivity index (χ4v) is 3.18. The van der Waals surface area contributed by atoms with Crippen LogP contribution < -0.4 is 19.6 Å². The zero-order valence-electron chi connectivity index (χ0n) is 17.7. The molecule has 170 valence electrons. The van der Waals surface area contributed by atoms with Crippen LogP contribution >= 0.6 is 27.5 Å². The predicted octanol–water partition coefficient (Wildman–Crippen LogP) is 5.25. The Morgan fingerprint density at radius 1 is 1.06 bits per heavy atom. The monoisotopic (exact) mass is 530 g/mol. The number of carbonyl (C=O) groups excluding carboxylic acids is 2. The molecule has 0 aromatic heterocycles. The first-order chi connectivity index (χ1) is 15.9. The number of hydrogen-bond donors (Lipinski definition) is 1. The molecule has 3 aromatic rings. The van der Waals surface area contributed by atoms with E-state index in [1.54, 1.807) is 67.6 Å². The van der Waals surface area contributed by atoms with Crippen LogP contribution in [0.25, 0.3) is 0 Å². The molecular formula is C24H20BrClN2O5. The van der Waals surface area contributed by atoms with Crippen LogP contribution in [0.3, 0.4) is 0 Å². The summed E-state index contributed by atoms with van der Waals surface area (Å²) in [5.74, 6) is 0.177. The molecule has 0 saturated heterocycles. The van der Waals surface area contributed by atoms with E-state index in [0.29, 0.717) is 27.6 Å². The maximum Gasteiger partial charge on any atom is 0.343 e. The van der Waals surface area contributed by atoms with Crippen LogP contribution in [0.1, 0.15) is 22.8 Å². The Hall–Kier alpha value is -3.36. The summed E-state index contributed by atoms with van der Waals surface area (Å²) in [6.45, 7) is 1.61. The van der Waals surface area contributed by atoms with E-state index in [0.717, 1.165) is 4.47 Å². The van der Waals surface area contributed by atoms with Gasteiger partial charge in [0.15, 0.2) is 17.6 Å². The Kier molecular flexibility index (Phi) is 8.46. The molecule has 0 spiro atoms. The van der Waals surface area contributed by atoms with Crippen LogP contribution in [0, 0.1) is 0 Å². The molecule has 1 N–H and O–H groups in total. The van der Waals surface area contributed by atoms with Crippen LogP contribution in [-0.2, 0) is 4.79 Å². The van der Waals surface area contributed by atoms with E-state index in [2.05, 4.69) is 26.5 Å². The molecule has 0 aliphatic rings. The highest BCUT2D eigenvalue weighted by Gasteiger charge is 2.15. The number of halogens is 2. The second-order valence-corrected chi connectivity index (χ2v) is 8.11. The van der Waals surface area contributed by atoms with E-state index in [1.165, 1.54) is 13.3 Å². The predicted molar refractivity (Wildman–Crippen MR) is 129 cm³/mol. The van der Waals surface area contributed by atoms with Crippen molar-refractivity contribution in [3.8, 4) is 17.2 Å². The van der Waals surface area contributed by atoms with Gasteiger partial charge in [0, 0.05) is 9.50 Å². The van der Waals surface area contributed by atoms with Gasteiger partial charge < -0.3 is 14.2 Å². The van der Waals surface area contributed by atoms with Gasteiger partial charge in [-0.25, -0.2) is 10.2 Å². The normalized spacial score (nSPS) is 11.6. The molecule has 9 heteroatoms. The third kappa shape index (κ3) is 7.06. The van der Waals surface area contributed by atoms with Gasteiger partial charge in [0.25, 0.3) is 5.91 Å². The standard InChI is InChI=1S/C24H20BrClN2O5/c1-15(32-20-9-7-19(26)8-10-20)23(29)28-27-14-16-6-11-21(22(12-16)31-2)33-24(30)17-4-3-5-18(25)13-17/h3-15H,1-2H3,(H,28,29)/b27-14-/t15-/m0/s1. The SMILES string of the molecule is COc1cc(/C=N\NC(=O)[C@H](C)Oc2ccc(Cl)cc2)ccc1OC(=O)c1cccc(Br)c1. The van der Waals surface area contributed by atoms with E-state index in [9.17, 15) is 9.59 Å². The van der Waals surface area contributed by atoms with Crippen molar-refractivity contribution in [1.82, 2.24) is 5.43 Å². The van der Waals surface area contributed by atoms with Gasteiger partial charge in [-0.05, 0) is 73.2 Å². The van der Waals surface area contributed by atoms with E-state index in [4.69, 9.17) is 25.8 Å². The van der Waals surface area contributed by atoms with E-state index in [-0.39, 0.29) is 5.75 Å². The first kappa shape index (κ1) is 24.3. The van der Waals surface area contributed by atoms with Crippen molar-refractivity contribution >= 4 is 45.6 Å². The average molecular weight is 532 g/mol. The van der Waals surface area contributed by atoms with Crippen molar-refractivity contribution in [2.45, 2.75) is 13.0 Å². The van der Waals surface area contributed by atoms with Crippen LogP contribution in [0.2, 0.25) is 5.02 Å². The number of hydrogen-bond acceptors (Lipinski definition) is 6. The summed E-state index contributed by atoms with van der Waals surface area (Å²) in [7, 11) is 1.46. The van der Waals surface area contributed by atoms with Crippen molar-refractivity contribution in [2.75, 3.05) is 7.11 Å². The number of methoxy groups -OCH3 is 1. The third-order valence-electron chi connectivity index (χ3n) is 4.33. The van der Waals surface area contributed by atoms with E-state index >= 15 is 0 Å². The lowest BCUT2D eigenvalue weighted by molar-refractivity contribution is -0.127. The smallest absolute Gasteiger partial charge is 0.343 e. The van der Waals surface area contributed by atoms with Crippen molar-refractivity contribution in [2.24, 2.45) is 5.10 Å². The largest absolute Gasteiger partial charge is 0.493 e. The van der Waals surface area contributed by atoms with Crippen molar-refractivity contribution in [3.05, 3.63) is 87.4 Å². The molecule has 7 nitrogen and oxygen atoms in total. The van der Waals surface area contributed by atoms with Crippen LogP contribution in [0.5, 0.6) is 17.2 Å². The number of benzene rings is 3. The molecule has 0 saturated carbocycles. The Bertz CT molecular complexity index is 1170. The second kappa shape index (κ2) is 11.5. The lowest BCUT2D eigenvalue weighted by atomic mass is 10.2. The molecule has 3 rings (SSSR count). The topological polar surface area (TPSA) is 86.2 Å². The minimum atomic E-state index is -0.766. The van der Waals surface area contributed by atoms with E-state index < -0.39 is 18.0 Å². The highest BCUT2D eigenvalue weighted by atomic mass is 79.9. The van der Waals surface area contributed by atoms with Gasteiger partial charge in [-0.3, -0.25) is 4.79 Å². The molecular weight excluding hydrogens is 512 g/mol. The summed E-state index contributed by atoms with van der Waals surface area (Å²) in [5, 5.41) is 4.52. The Morgan fingerprint density at radius 3 is 2.52 bits per heavy atom. The summed E-state index contributed by atoms with van der Waals surface area (Å²) in [6.07, 6.45) is 0.674. The maximum absolute atomic E-state index is 12.4. The molecule has 1 amide bonds. The lowest BCUT2D eigenvalue weighted by Crippen LogP contribution is -2.33. The van der Waals surface area contributed by atoms with Crippen molar-refractivity contribution in [1.29, 1.82) is 0 Å². The number of carbonyl (C=O) groups is 2. The molecule has 0 fully saturated rings. The maximum atomic E-state index is 12.4. The quantitative estimate of drug-likeness (QED) is 0.186. The Labute approximate surface area is 204 Å². The number of amides is 1. The number of nitrogens with one attached hydrogen (secondary N) is 1. The van der Waals surface area contributed by atoms with Crippen molar-refractivity contribution in [3.63, 3.8) is 0 Å². The zero-order chi connectivity index (χ0) is 23.8. The van der Waals surface area contributed by atoms with Crippen LogP contribution in [0.15, 0.2) is 76.3 Å². The summed E-state index contributed by atoms with van der Waals surface area (Å²) in [6, 6.07) is 18.5. The highest BCUT2D eigenvalue weighted by molar-refractivity contribution is 9.10. The first-order valence-electron chi connectivity index (χ1n) is 9.76. The molecule has 33 heavy (non-hydrogen) atoms. The second-order valence-electron chi connectivity index (χ2n) is 6.76. The summed E-state index contributed by atoms with van der Waals surface area (Å²) < 4.78 is 17.1. The molecule has 0 bridgehead atoms. The van der Waals surface area contributed by atoms with Gasteiger partial charge in [0.2, 0.25) is 0 Å². The molecule has 1 atom stereocenters. The van der Waals surface area contributed by atoms with Crippen LogP contribution in [0.4, 0.5) is 0 Å². The average Bonchev–Trinajstić information content (AvgIpc) is 2.81. The van der Waals surface area contributed by atoms with Gasteiger partial charge in [-0.2, -0.15) is 5.10 Å². The fraction of sp³-hybridized carbons (Fsp3) is 0.125. The highest BCUT2D eigenvalue weighted by Crippen LogP contribution is 2.28. The number of rotatable bonds is 8. The number of esters is 1. The van der Waals surface area contributed by atoms with Gasteiger partial charge in [-0.1, -0.05) is 33.6 Å².